The van der Waals surface area contributed by atoms with Crippen molar-refractivity contribution in [3.05, 3.63) is 66.7 Å². The average Bonchev–Trinajstić information content (AvgIpc) is 2.87. The van der Waals surface area contributed by atoms with E-state index in [0.29, 0.717) is 31.5 Å². The number of pyridine rings is 2. The first-order valence-electron chi connectivity index (χ1n) is 11.0. The fourth-order valence-electron chi connectivity index (χ4n) is 4.07. The number of nitrogens with two attached hydrogens (primary N) is 1. The Morgan fingerprint density at radius 2 is 1.85 bits per heavy atom. The van der Waals surface area contributed by atoms with Gasteiger partial charge in [-0.15, -0.1) is 0 Å². The predicted molar refractivity (Wildman–Crippen MR) is 127 cm³/mol. The molecule has 0 amide bonds. The van der Waals surface area contributed by atoms with E-state index in [1.165, 1.54) is 6.33 Å². The standard InChI is InChI=1S/C25H26N6O2/c1-16(17(2)20-7-8-27-25-24(20)32-9-10-33-25)14-31(26)23-12-22(29-15-30-23)19-11-18-5-3-4-6-21(18)28-13-19/h3-8,11-13,15-17H,9-10,14,26H2,1-2H3/t16-,17?/m1/s1. The summed E-state index contributed by atoms with van der Waals surface area (Å²) in [7, 11) is 0. The summed E-state index contributed by atoms with van der Waals surface area (Å²) in [6.07, 6.45) is 5.13. The number of fused-ring (bicyclic) bond motifs is 2. The third-order valence-corrected chi connectivity index (χ3v) is 6.13. The van der Waals surface area contributed by atoms with Gasteiger partial charge >= 0.3 is 0 Å². The summed E-state index contributed by atoms with van der Waals surface area (Å²) in [5.74, 6) is 8.80. The van der Waals surface area contributed by atoms with Crippen molar-refractivity contribution in [2.75, 3.05) is 24.8 Å². The summed E-state index contributed by atoms with van der Waals surface area (Å²) in [6.45, 7) is 5.98. The van der Waals surface area contributed by atoms with Crippen LogP contribution in [0.15, 0.2) is 61.2 Å². The number of aromatic nitrogens is 4. The Bertz CT molecular complexity index is 1280. The summed E-state index contributed by atoms with van der Waals surface area (Å²) in [4.78, 5) is 17.7. The molecule has 1 aliphatic rings. The number of anilines is 1. The van der Waals surface area contributed by atoms with Crippen molar-refractivity contribution in [1.82, 2.24) is 19.9 Å². The number of benzene rings is 1. The fraction of sp³-hybridized carbons (Fsp3) is 0.280. The zero-order valence-corrected chi connectivity index (χ0v) is 18.7. The molecule has 1 aromatic carbocycles. The van der Waals surface area contributed by atoms with E-state index in [9.17, 15) is 0 Å². The summed E-state index contributed by atoms with van der Waals surface area (Å²) in [5.41, 5.74) is 3.73. The van der Waals surface area contributed by atoms with E-state index in [2.05, 4.69) is 39.8 Å². The lowest BCUT2D eigenvalue weighted by Gasteiger charge is -2.28. The zero-order chi connectivity index (χ0) is 22.8. The molecule has 8 nitrogen and oxygen atoms in total. The van der Waals surface area contributed by atoms with Crippen molar-refractivity contribution < 1.29 is 9.47 Å². The maximum Gasteiger partial charge on any atom is 0.257 e. The van der Waals surface area contributed by atoms with Gasteiger partial charge in [0.15, 0.2) is 5.75 Å². The summed E-state index contributed by atoms with van der Waals surface area (Å²) < 4.78 is 11.5. The van der Waals surface area contributed by atoms with Crippen LogP contribution < -0.4 is 20.3 Å². The Morgan fingerprint density at radius 1 is 1.00 bits per heavy atom. The monoisotopic (exact) mass is 442 g/mol. The fourth-order valence-corrected chi connectivity index (χ4v) is 4.07. The van der Waals surface area contributed by atoms with Gasteiger partial charge in [0.25, 0.3) is 5.88 Å². The third kappa shape index (κ3) is 4.29. The lowest BCUT2D eigenvalue weighted by atomic mass is 9.88. The molecular formula is C25H26N6O2. The first-order valence-corrected chi connectivity index (χ1v) is 11.0. The van der Waals surface area contributed by atoms with Gasteiger partial charge in [0.2, 0.25) is 0 Å². The second kappa shape index (κ2) is 8.99. The van der Waals surface area contributed by atoms with E-state index in [4.69, 9.17) is 15.3 Å². The molecule has 2 atom stereocenters. The lowest BCUT2D eigenvalue weighted by molar-refractivity contribution is 0.161. The summed E-state index contributed by atoms with van der Waals surface area (Å²) >= 11 is 0. The number of ether oxygens (including phenoxy) is 2. The molecule has 1 unspecified atom stereocenters. The number of nitrogens with zero attached hydrogens (tertiary/aromatic N) is 5. The Kier molecular flexibility index (Phi) is 5.75. The van der Waals surface area contributed by atoms with E-state index in [1.54, 1.807) is 11.2 Å². The van der Waals surface area contributed by atoms with Gasteiger partial charge in [-0.25, -0.2) is 20.8 Å². The van der Waals surface area contributed by atoms with Gasteiger partial charge in [0, 0.05) is 41.5 Å². The van der Waals surface area contributed by atoms with Crippen molar-refractivity contribution in [2.45, 2.75) is 19.8 Å². The van der Waals surface area contributed by atoms with Gasteiger partial charge in [-0.2, -0.15) is 0 Å². The minimum atomic E-state index is 0.181. The molecule has 0 saturated heterocycles. The van der Waals surface area contributed by atoms with Gasteiger partial charge in [0.05, 0.1) is 11.2 Å². The molecule has 4 heterocycles. The van der Waals surface area contributed by atoms with Gasteiger partial charge in [0.1, 0.15) is 25.4 Å². The normalized spacial score (nSPS) is 14.6. The first-order chi connectivity index (χ1) is 16.1. The van der Waals surface area contributed by atoms with Crippen LogP contribution in [0.2, 0.25) is 0 Å². The minimum absolute atomic E-state index is 0.181. The van der Waals surface area contributed by atoms with Crippen molar-refractivity contribution in [1.29, 1.82) is 0 Å². The molecule has 1 aliphatic heterocycles. The van der Waals surface area contributed by atoms with Crippen molar-refractivity contribution in [3.8, 4) is 22.9 Å². The highest BCUT2D eigenvalue weighted by Gasteiger charge is 2.25. The maximum absolute atomic E-state index is 6.45. The topological polar surface area (TPSA) is 99.3 Å². The molecule has 0 spiro atoms. The van der Waals surface area contributed by atoms with Crippen LogP contribution in [0.4, 0.5) is 5.82 Å². The van der Waals surface area contributed by atoms with E-state index < -0.39 is 0 Å². The second-order valence-electron chi connectivity index (χ2n) is 8.33. The van der Waals surface area contributed by atoms with Crippen LogP contribution in [0.25, 0.3) is 22.2 Å². The summed E-state index contributed by atoms with van der Waals surface area (Å²) in [6, 6.07) is 14.0. The molecule has 0 saturated carbocycles. The highest BCUT2D eigenvalue weighted by Crippen LogP contribution is 2.38. The molecule has 4 aromatic rings. The number of hydrogen-bond donors (Lipinski definition) is 1. The molecule has 3 aromatic heterocycles. The minimum Gasteiger partial charge on any atom is -0.484 e. The second-order valence-corrected chi connectivity index (χ2v) is 8.33. The van der Waals surface area contributed by atoms with Crippen LogP contribution in [0.3, 0.4) is 0 Å². The van der Waals surface area contributed by atoms with Gasteiger partial charge < -0.3 is 9.47 Å². The van der Waals surface area contributed by atoms with Crippen LogP contribution in [0, 0.1) is 5.92 Å². The molecule has 0 fully saturated rings. The molecule has 8 heteroatoms. The Morgan fingerprint density at radius 3 is 2.76 bits per heavy atom. The maximum atomic E-state index is 6.45. The number of para-hydroxylation sites is 1. The van der Waals surface area contributed by atoms with Crippen molar-refractivity contribution in [3.63, 3.8) is 0 Å². The summed E-state index contributed by atoms with van der Waals surface area (Å²) in [5, 5.41) is 2.74. The van der Waals surface area contributed by atoms with Crippen LogP contribution in [0.5, 0.6) is 11.6 Å². The zero-order valence-electron chi connectivity index (χ0n) is 18.7. The van der Waals surface area contributed by atoms with Crippen molar-refractivity contribution in [2.24, 2.45) is 11.8 Å². The SMILES string of the molecule is CC(c1ccnc2c1OCCO2)[C@H](C)CN(N)c1cc(-c2cnc3ccccc3c2)ncn1. The van der Waals surface area contributed by atoms with Crippen LogP contribution in [-0.4, -0.2) is 39.7 Å². The molecular weight excluding hydrogens is 416 g/mol. The highest BCUT2D eigenvalue weighted by atomic mass is 16.6. The molecule has 0 radical (unpaired) electrons. The quantitative estimate of drug-likeness (QED) is 0.354. The molecule has 33 heavy (non-hydrogen) atoms. The van der Waals surface area contributed by atoms with Crippen LogP contribution in [-0.2, 0) is 0 Å². The van der Waals surface area contributed by atoms with E-state index in [1.807, 2.05) is 42.6 Å². The van der Waals surface area contributed by atoms with Crippen LogP contribution in [0.1, 0.15) is 25.3 Å². The first kappa shape index (κ1) is 21.1. The smallest absolute Gasteiger partial charge is 0.257 e. The molecule has 168 valence electrons. The molecule has 0 bridgehead atoms. The Balaban J connectivity index is 1.34. The van der Waals surface area contributed by atoms with E-state index >= 15 is 0 Å². The average molecular weight is 443 g/mol. The van der Waals surface area contributed by atoms with Gasteiger partial charge in [-0.3, -0.25) is 9.99 Å². The Hall–Kier alpha value is -3.78. The molecule has 5 rings (SSSR count). The molecule has 2 N–H and O–H groups in total. The predicted octanol–water partition coefficient (Wildman–Crippen LogP) is 3.98. The van der Waals surface area contributed by atoms with E-state index in [-0.39, 0.29) is 11.8 Å². The van der Waals surface area contributed by atoms with Gasteiger partial charge in [-0.1, -0.05) is 32.0 Å². The van der Waals surface area contributed by atoms with Gasteiger partial charge in [-0.05, 0) is 30.0 Å². The number of hydrogen-bond acceptors (Lipinski definition) is 8. The Labute approximate surface area is 192 Å². The van der Waals surface area contributed by atoms with Crippen LogP contribution >= 0.6 is 0 Å². The third-order valence-electron chi connectivity index (χ3n) is 6.13. The number of hydrazine groups is 1. The largest absolute Gasteiger partial charge is 0.484 e. The lowest BCUT2D eigenvalue weighted by Crippen LogP contribution is -2.37. The highest BCUT2D eigenvalue weighted by molar-refractivity contribution is 5.83. The molecule has 0 aliphatic carbocycles. The van der Waals surface area contributed by atoms with Crippen molar-refractivity contribution >= 4 is 16.7 Å². The van der Waals surface area contributed by atoms with E-state index in [0.717, 1.165) is 33.5 Å². The number of rotatable bonds is 6.